The summed E-state index contributed by atoms with van der Waals surface area (Å²) in [7, 11) is 0. The van der Waals surface area contributed by atoms with Crippen molar-refractivity contribution < 1.29 is 18.9 Å². The smallest absolute Gasteiger partial charge is 0.0580 e. The lowest BCUT2D eigenvalue weighted by molar-refractivity contribution is -0.199. The quantitative estimate of drug-likeness (QED) is 0.120. The highest BCUT2D eigenvalue weighted by atomic mass is 16.5. The molecule has 16 saturated carbocycles. The zero-order valence-corrected chi connectivity index (χ0v) is 69.2. The molecule has 8 unspecified atom stereocenters. The topological polar surface area (TPSA) is 49.9 Å². The molecule has 0 aromatic rings. The van der Waals surface area contributed by atoms with Crippen LogP contribution in [0.15, 0.2) is 0 Å². The molecule has 0 amide bonds. The summed E-state index contributed by atoms with van der Waals surface area (Å²) < 4.78 is 29.2. The Morgan fingerprint density at radius 3 is 0.433 bits per heavy atom. The van der Waals surface area contributed by atoms with Crippen LogP contribution < -0.4 is 0 Å². The summed E-state index contributed by atoms with van der Waals surface area (Å²) in [5, 5.41) is 0. The van der Waals surface area contributed by atoms with Gasteiger partial charge >= 0.3 is 0 Å². The molecule has 16 aliphatic rings. The Labute approximate surface area is 641 Å². The maximum Gasteiger partial charge on any atom is 0.0580 e. The van der Waals surface area contributed by atoms with E-state index in [1.54, 1.807) is 0 Å². The van der Waals surface area contributed by atoms with Crippen LogP contribution in [0, 0.1) is 82.9 Å². The molecule has 16 rings (SSSR count). The minimum Gasteiger partial charge on any atom is -0.375 e. The van der Waals surface area contributed by atoms with Gasteiger partial charge in [-0.05, 0) is 430 Å². The van der Waals surface area contributed by atoms with E-state index in [0.29, 0.717) is 48.8 Å². The van der Waals surface area contributed by atoms with Gasteiger partial charge in [0.05, 0.1) is 48.8 Å². The number of hydrogen-bond acceptors (Lipinski definition) is 8. The third-order valence-corrected chi connectivity index (χ3v) is 35.8. The fraction of sp³-hybridized carbons (Fsp3) is 1.00. The SMILES string of the molecule is CC1CCC(OC2CCC(N(C3CCC(C)CC3)C3CC(N(C4CCC(C)CC4)C4CCC(OC5CCC(C)CC5)CC4)C4CCC5C6C(CCC3C46)C(N(C3CCC(C)CC3)C3CCC(OC4CCC(C)CC4)CC3)CC5N(C3CCC(C)CC3)C3CCC(OC4CCC(C)CC4)CC3)CC2)CC1. The van der Waals surface area contributed by atoms with Gasteiger partial charge in [-0.2, -0.15) is 0 Å². The molecule has 16 fully saturated rings. The molecule has 8 atom stereocenters. The van der Waals surface area contributed by atoms with Gasteiger partial charge in [-0.3, -0.25) is 19.6 Å². The van der Waals surface area contributed by atoms with Crippen LogP contribution in [-0.4, -0.2) is 141 Å². The van der Waals surface area contributed by atoms with Gasteiger partial charge in [0.1, 0.15) is 0 Å². The Morgan fingerprint density at radius 1 is 0.154 bits per heavy atom. The molecular weight excluding hydrogens is 1270 g/mol. The summed E-state index contributed by atoms with van der Waals surface area (Å²) in [6.45, 7) is 20.5. The molecule has 0 aromatic heterocycles. The Kier molecular flexibility index (Phi) is 26.9. The van der Waals surface area contributed by atoms with Crippen molar-refractivity contribution in [2.45, 2.75) is 523 Å². The van der Waals surface area contributed by atoms with Gasteiger partial charge in [-0.15, -0.1) is 0 Å². The van der Waals surface area contributed by atoms with Crippen molar-refractivity contribution in [2.75, 3.05) is 0 Å². The van der Waals surface area contributed by atoms with Gasteiger partial charge in [0.2, 0.25) is 0 Å². The van der Waals surface area contributed by atoms with Crippen LogP contribution in [0.25, 0.3) is 0 Å². The van der Waals surface area contributed by atoms with Crippen LogP contribution in [0.2, 0.25) is 0 Å². The van der Waals surface area contributed by atoms with E-state index < -0.39 is 0 Å². The fourth-order valence-corrected chi connectivity index (χ4v) is 29.7. The fourth-order valence-electron chi connectivity index (χ4n) is 29.7. The van der Waals surface area contributed by atoms with E-state index in [1.807, 2.05) is 0 Å². The van der Waals surface area contributed by atoms with Crippen molar-refractivity contribution in [3.8, 4) is 0 Å². The molecule has 0 aliphatic heterocycles. The third kappa shape index (κ3) is 18.2. The predicted octanol–water partition coefficient (Wildman–Crippen LogP) is 23.7. The van der Waals surface area contributed by atoms with E-state index >= 15 is 0 Å². The minimum absolute atomic E-state index is 0.481. The molecule has 0 heterocycles. The third-order valence-electron chi connectivity index (χ3n) is 35.8. The maximum absolute atomic E-state index is 7.30. The van der Waals surface area contributed by atoms with Gasteiger partial charge in [0, 0.05) is 72.5 Å². The molecule has 8 heteroatoms. The minimum atomic E-state index is 0.481. The lowest BCUT2D eigenvalue weighted by Crippen LogP contribution is -2.72. The molecule has 0 N–H and O–H groups in total. The van der Waals surface area contributed by atoms with E-state index in [0.717, 1.165) is 155 Å². The Morgan fingerprint density at radius 2 is 0.279 bits per heavy atom. The summed E-state index contributed by atoms with van der Waals surface area (Å²) in [6.07, 6.45) is 79.3. The van der Waals surface area contributed by atoms with Crippen molar-refractivity contribution in [3.63, 3.8) is 0 Å². The van der Waals surface area contributed by atoms with Crippen LogP contribution in [0.3, 0.4) is 0 Å². The molecule has 0 bridgehead atoms. The molecule has 104 heavy (non-hydrogen) atoms. The predicted molar refractivity (Wildman–Crippen MR) is 431 cm³/mol. The summed E-state index contributed by atoms with van der Waals surface area (Å²) >= 11 is 0. The number of rotatable bonds is 20. The summed E-state index contributed by atoms with van der Waals surface area (Å²) in [6, 6.07) is 8.80. The van der Waals surface area contributed by atoms with E-state index in [2.05, 4.69) is 75.0 Å². The lowest BCUT2D eigenvalue weighted by Gasteiger charge is -2.69. The zero-order valence-electron chi connectivity index (χ0n) is 69.2. The highest BCUT2D eigenvalue weighted by Gasteiger charge is 2.65. The highest BCUT2D eigenvalue weighted by Crippen LogP contribution is 2.65. The number of ether oxygens (including phenoxy) is 4. The summed E-state index contributed by atoms with van der Waals surface area (Å²) in [5.41, 5.74) is 0. The molecule has 8 nitrogen and oxygen atoms in total. The Bertz CT molecular complexity index is 2170. The normalized spacial score (nSPS) is 49.5. The lowest BCUT2D eigenvalue weighted by atomic mass is 9.44. The van der Waals surface area contributed by atoms with Gasteiger partial charge in [0.25, 0.3) is 0 Å². The van der Waals surface area contributed by atoms with Crippen molar-refractivity contribution in [3.05, 3.63) is 0 Å². The average Bonchev–Trinajstić information content (AvgIpc) is 0.701. The van der Waals surface area contributed by atoms with Gasteiger partial charge in [-0.25, -0.2) is 0 Å². The molecule has 0 spiro atoms. The zero-order chi connectivity index (χ0) is 71.0. The van der Waals surface area contributed by atoms with Crippen LogP contribution in [-0.2, 0) is 18.9 Å². The molecular formula is C96H166N4O4. The van der Waals surface area contributed by atoms with Crippen LogP contribution in [0.4, 0.5) is 0 Å². The van der Waals surface area contributed by atoms with Gasteiger partial charge in [-0.1, -0.05) is 55.4 Å². The molecule has 0 aromatic carbocycles. The number of nitrogens with zero attached hydrogens (tertiary/aromatic N) is 4. The highest BCUT2D eigenvalue weighted by molar-refractivity contribution is 5.17. The second-order valence-corrected chi connectivity index (χ2v) is 42.9. The second kappa shape index (κ2) is 36.0. The maximum atomic E-state index is 7.30. The summed E-state index contributed by atoms with van der Waals surface area (Å²) in [5.74, 6) is 12.1. The monoisotopic (exact) mass is 1440 g/mol. The Balaban J connectivity index is 0.784. The first-order valence-corrected chi connectivity index (χ1v) is 48.5. The van der Waals surface area contributed by atoms with E-state index in [4.69, 9.17) is 18.9 Å². The standard InChI is InChI=1S/C96H166N4O4/c1-63-9-25-71(26-10-63)97(75-33-49-83(50-34-75)101-79-41-17-67(5)18-42-79)91-61-92(98(72-27-11-64(2)12-28-72)76-35-51-84(52-36-76)102-80-43-19-68(6)20-44-80)88-59-60-90-94(100(74-31-15-66(4)16-32-74)78-39-55-86(56-40-78)104-82-47-23-70(8)24-48-82)62-93(89-58-57-87(91)95(88)96(89)90)99(73-29-13-65(3)14-30-73)77-37-53-85(54-38-77)103-81-45-21-69(7)22-46-81/h63-96H,9-62H2,1-8H3. The molecule has 0 saturated heterocycles. The number of hydrogen-bond donors (Lipinski definition) is 0. The largest absolute Gasteiger partial charge is 0.375 e. The van der Waals surface area contributed by atoms with Gasteiger partial charge in [0.15, 0.2) is 0 Å². The first kappa shape index (κ1) is 77.6. The van der Waals surface area contributed by atoms with E-state index in [9.17, 15) is 0 Å². The van der Waals surface area contributed by atoms with Gasteiger partial charge < -0.3 is 18.9 Å². The van der Waals surface area contributed by atoms with E-state index in [1.165, 1.54) is 347 Å². The molecule has 0 radical (unpaired) electrons. The Hall–Kier alpha value is -0.320. The van der Waals surface area contributed by atoms with Crippen LogP contribution in [0.1, 0.15) is 402 Å². The first-order chi connectivity index (χ1) is 50.7. The van der Waals surface area contributed by atoms with Crippen molar-refractivity contribution in [2.24, 2.45) is 82.9 Å². The second-order valence-electron chi connectivity index (χ2n) is 42.9. The first-order valence-electron chi connectivity index (χ1n) is 48.5. The molecule has 16 aliphatic carbocycles. The van der Waals surface area contributed by atoms with Crippen molar-refractivity contribution in [1.82, 2.24) is 19.6 Å². The van der Waals surface area contributed by atoms with Crippen molar-refractivity contribution in [1.29, 1.82) is 0 Å². The van der Waals surface area contributed by atoms with Crippen LogP contribution in [0.5, 0.6) is 0 Å². The summed E-state index contributed by atoms with van der Waals surface area (Å²) in [4.78, 5) is 14.4. The van der Waals surface area contributed by atoms with Crippen LogP contribution >= 0.6 is 0 Å². The molecule has 594 valence electrons. The van der Waals surface area contributed by atoms with E-state index in [-0.39, 0.29) is 0 Å². The average molecular weight is 1440 g/mol. The van der Waals surface area contributed by atoms with Crippen molar-refractivity contribution >= 4 is 0 Å².